The van der Waals surface area contributed by atoms with E-state index in [4.69, 9.17) is 9.47 Å². The van der Waals surface area contributed by atoms with Gasteiger partial charge in [-0.15, -0.1) is 0 Å². The molecule has 8 nitrogen and oxygen atoms in total. The van der Waals surface area contributed by atoms with E-state index in [1.54, 1.807) is 4.90 Å². The van der Waals surface area contributed by atoms with Crippen LogP contribution < -0.4 is 4.74 Å². The van der Waals surface area contributed by atoms with Gasteiger partial charge in [0.25, 0.3) is 5.91 Å². The van der Waals surface area contributed by atoms with E-state index < -0.39 is 0 Å². The van der Waals surface area contributed by atoms with E-state index in [0.29, 0.717) is 57.9 Å². The van der Waals surface area contributed by atoms with Gasteiger partial charge in [-0.1, -0.05) is 42.8 Å². The summed E-state index contributed by atoms with van der Waals surface area (Å²) in [7, 11) is 0. The van der Waals surface area contributed by atoms with Crippen LogP contribution in [0.5, 0.6) is 5.75 Å². The standard InChI is InChI=1S/C25H33BrN4O4/c1-25(2,3)22-15-20(27-28-22)24(32)30-8-7-21(34-19-6-4-5-18(26)14-19)17(16-30)13-23(31)29-9-11-33-12-10-29/h4-6,14-15,17,21H,7-13,16H2,1-3H3,(H,27,28)/t17-,21-/m0/s1. The Balaban J connectivity index is 1.49. The Kier molecular flexibility index (Phi) is 7.62. The minimum atomic E-state index is -0.160. The molecule has 0 saturated carbocycles. The molecule has 2 amide bonds. The number of hydrogen-bond donors (Lipinski definition) is 1. The molecule has 4 rings (SSSR count). The first-order chi connectivity index (χ1) is 16.2. The van der Waals surface area contributed by atoms with Crippen LogP contribution in [0.1, 0.15) is 49.8 Å². The third-order valence-electron chi connectivity index (χ3n) is 6.44. The van der Waals surface area contributed by atoms with Crippen molar-refractivity contribution in [3.63, 3.8) is 0 Å². The van der Waals surface area contributed by atoms with Crippen LogP contribution in [0, 0.1) is 5.92 Å². The lowest BCUT2D eigenvalue weighted by molar-refractivity contribution is -0.137. The van der Waals surface area contributed by atoms with Gasteiger partial charge >= 0.3 is 0 Å². The molecule has 34 heavy (non-hydrogen) atoms. The number of morpholine rings is 1. The van der Waals surface area contributed by atoms with Crippen LogP contribution in [0.2, 0.25) is 0 Å². The number of aromatic amines is 1. The summed E-state index contributed by atoms with van der Waals surface area (Å²) in [5, 5.41) is 7.27. The molecular weight excluding hydrogens is 500 g/mol. The lowest BCUT2D eigenvalue weighted by atomic mass is 9.90. The maximum absolute atomic E-state index is 13.3. The molecule has 1 aromatic carbocycles. The van der Waals surface area contributed by atoms with E-state index in [-0.39, 0.29) is 29.3 Å². The molecule has 0 unspecified atom stereocenters. The van der Waals surface area contributed by atoms with E-state index in [2.05, 4.69) is 46.9 Å². The van der Waals surface area contributed by atoms with Gasteiger partial charge in [0, 0.05) is 60.5 Å². The normalized spacial score (nSPS) is 21.4. The first-order valence-corrected chi connectivity index (χ1v) is 12.6. The minimum Gasteiger partial charge on any atom is -0.490 e. The molecule has 3 heterocycles. The largest absolute Gasteiger partial charge is 0.490 e. The lowest BCUT2D eigenvalue weighted by Gasteiger charge is -2.39. The monoisotopic (exact) mass is 532 g/mol. The number of carbonyl (C=O) groups is 2. The summed E-state index contributed by atoms with van der Waals surface area (Å²) in [5.74, 6) is 0.606. The minimum absolute atomic E-state index is 0.0835. The molecule has 0 radical (unpaired) electrons. The molecule has 2 fully saturated rings. The van der Waals surface area contributed by atoms with E-state index >= 15 is 0 Å². The fraction of sp³-hybridized carbons (Fsp3) is 0.560. The molecule has 1 aromatic heterocycles. The molecule has 0 spiro atoms. The SMILES string of the molecule is CC(C)(C)c1cc(C(=O)N2CC[C@H](Oc3cccc(Br)c3)[C@@H](CC(=O)N3CCOCC3)C2)n[nH]1. The average molecular weight is 533 g/mol. The Morgan fingerprint density at radius 1 is 1.18 bits per heavy atom. The number of H-pyrrole nitrogens is 1. The molecule has 2 atom stereocenters. The van der Waals surface area contributed by atoms with E-state index in [9.17, 15) is 9.59 Å². The zero-order chi connectivity index (χ0) is 24.3. The molecule has 2 saturated heterocycles. The van der Waals surface area contributed by atoms with Crippen molar-refractivity contribution in [1.29, 1.82) is 0 Å². The highest BCUT2D eigenvalue weighted by Crippen LogP contribution is 2.29. The fourth-order valence-electron chi connectivity index (χ4n) is 4.41. The molecule has 1 N–H and O–H groups in total. The summed E-state index contributed by atoms with van der Waals surface area (Å²) in [6.45, 7) is 9.57. The lowest BCUT2D eigenvalue weighted by Crippen LogP contribution is -2.50. The van der Waals surface area contributed by atoms with Crippen LogP contribution in [-0.2, 0) is 14.9 Å². The van der Waals surface area contributed by atoms with Crippen LogP contribution in [0.3, 0.4) is 0 Å². The van der Waals surface area contributed by atoms with Gasteiger partial charge in [-0.2, -0.15) is 5.10 Å². The van der Waals surface area contributed by atoms with Gasteiger partial charge < -0.3 is 19.3 Å². The molecule has 184 valence electrons. The zero-order valence-electron chi connectivity index (χ0n) is 20.1. The highest BCUT2D eigenvalue weighted by atomic mass is 79.9. The summed E-state index contributed by atoms with van der Waals surface area (Å²) >= 11 is 3.49. The molecule has 0 bridgehead atoms. The number of carbonyl (C=O) groups excluding carboxylic acids is 2. The molecule has 2 aliphatic rings. The molecular formula is C25H33BrN4O4. The summed E-state index contributed by atoms with van der Waals surface area (Å²) in [4.78, 5) is 30.0. The van der Waals surface area contributed by atoms with E-state index in [0.717, 1.165) is 15.9 Å². The van der Waals surface area contributed by atoms with E-state index in [1.165, 1.54) is 0 Å². The predicted octanol–water partition coefficient (Wildman–Crippen LogP) is 3.63. The maximum Gasteiger partial charge on any atom is 0.274 e. The number of piperidine rings is 1. The molecule has 9 heteroatoms. The first kappa shape index (κ1) is 24.7. The number of nitrogens with one attached hydrogen (secondary N) is 1. The number of rotatable bonds is 5. The number of hydrogen-bond acceptors (Lipinski definition) is 5. The van der Waals surface area contributed by atoms with Crippen molar-refractivity contribution >= 4 is 27.7 Å². The van der Waals surface area contributed by atoms with Gasteiger partial charge in [0.15, 0.2) is 0 Å². The number of benzene rings is 1. The van der Waals surface area contributed by atoms with Gasteiger partial charge in [0.1, 0.15) is 17.5 Å². The van der Waals surface area contributed by atoms with Crippen LogP contribution >= 0.6 is 15.9 Å². The number of nitrogens with zero attached hydrogens (tertiary/aromatic N) is 3. The third kappa shape index (κ3) is 5.99. The van der Waals surface area contributed by atoms with Gasteiger partial charge in [-0.3, -0.25) is 14.7 Å². The molecule has 0 aliphatic carbocycles. The number of amides is 2. The van der Waals surface area contributed by atoms with E-state index in [1.807, 2.05) is 35.2 Å². The number of ether oxygens (including phenoxy) is 2. The summed E-state index contributed by atoms with van der Waals surface area (Å²) in [6, 6.07) is 9.55. The molecule has 2 aliphatic heterocycles. The van der Waals surface area contributed by atoms with Crippen molar-refractivity contribution in [2.45, 2.75) is 45.1 Å². The smallest absolute Gasteiger partial charge is 0.274 e. The second-order valence-corrected chi connectivity index (χ2v) is 10.9. The molecule has 2 aromatic rings. The van der Waals surface area contributed by atoms with Gasteiger partial charge in [-0.05, 0) is 24.3 Å². The summed E-state index contributed by atoms with van der Waals surface area (Å²) in [5.41, 5.74) is 1.21. The Hall–Kier alpha value is -2.39. The van der Waals surface area contributed by atoms with Crippen LogP contribution in [0.25, 0.3) is 0 Å². The zero-order valence-corrected chi connectivity index (χ0v) is 21.6. The Morgan fingerprint density at radius 2 is 1.94 bits per heavy atom. The predicted molar refractivity (Wildman–Crippen MR) is 132 cm³/mol. The topological polar surface area (TPSA) is 87.8 Å². The number of halogens is 1. The van der Waals surface area contributed by atoms with Crippen molar-refractivity contribution in [2.75, 3.05) is 39.4 Å². The summed E-state index contributed by atoms with van der Waals surface area (Å²) < 4.78 is 12.7. The van der Waals surface area contributed by atoms with Gasteiger partial charge in [0.2, 0.25) is 5.91 Å². The number of aromatic nitrogens is 2. The number of likely N-dealkylation sites (tertiary alicyclic amines) is 1. The quantitative estimate of drug-likeness (QED) is 0.635. The van der Waals surface area contributed by atoms with Crippen molar-refractivity contribution in [1.82, 2.24) is 20.0 Å². The second-order valence-electron chi connectivity index (χ2n) is 10.0. The maximum atomic E-state index is 13.3. The van der Waals surface area contributed by atoms with Crippen molar-refractivity contribution < 1.29 is 19.1 Å². The van der Waals surface area contributed by atoms with Crippen molar-refractivity contribution in [3.05, 3.63) is 46.2 Å². The van der Waals surface area contributed by atoms with Crippen LogP contribution in [0.15, 0.2) is 34.8 Å². The van der Waals surface area contributed by atoms with Crippen molar-refractivity contribution in [3.8, 4) is 5.75 Å². The van der Waals surface area contributed by atoms with Gasteiger partial charge in [-0.25, -0.2) is 0 Å². The highest BCUT2D eigenvalue weighted by Gasteiger charge is 2.36. The Labute approximate surface area is 209 Å². The van der Waals surface area contributed by atoms with Crippen LogP contribution in [-0.4, -0.2) is 77.3 Å². The van der Waals surface area contributed by atoms with Crippen LogP contribution in [0.4, 0.5) is 0 Å². The second kappa shape index (κ2) is 10.5. The fourth-order valence-corrected chi connectivity index (χ4v) is 4.78. The third-order valence-corrected chi connectivity index (χ3v) is 6.93. The van der Waals surface area contributed by atoms with Gasteiger partial charge in [0.05, 0.1) is 13.2 Å². The Morgan fingerprint density at radius 3 is 2.62 bits per heavy atom. The summed E-state index contributed by atoms with van der Waals surface area (Å²) in [6.07, 6.45) is 0.819. The average Bonchev–Trinajstić information content (AvgIpc) is 3.31. The van der Waals surface area contributed by atoms with Crippen molar-refractivity contribution in [2.24, 2.45) is 5.92 Å². The highest BCUT2D eigenvalue weighted by molar-refractivity contribution is 9.10. The Bertz CT molecular complexity index is 1010. The first-order valence-electron chi connectivity index (χ1n) is 11.8.